The molecule has 39 heavy (non-hydrogen) atoms. The van der Waals surface area contributed by atoms with Gasteiger partial charge < -0.3 is 39.4 Å². The first-order chi connectivity index (χ1) is 18.3. The van der Waals surface area contributed by atoms with Crippen LogP contribution in [0.4, 0.5) is 0 Å². The molecule has 0 bridgehead atoms. The zero-order chi connectivity index (χ0) is 28.0. The molecule has 0 aromatic carbocycles. The molecule has 1 aromatic rings. The van der Waals surface area contributed by atoms with Gasteiger partial charge in [-0.05, 0) is 93.1 Å². The molecule has 6 rings (SSSR count). The third kappa shape index (κ3) is 3.95. The number of fused-ring (bicyclic) bond motifs is 5. The van der Waals surface area contributed by atoms with Gasteiger partial charge in [-0.3, -0.25) is 0 Å². The third-order valence-electron chi connectivity index (χ3n) is 12.2. The highest BCUT2D eigenvalue weighted by Crippen LogP contribution is 2.71. The SMILES string of the molecule is CC1OC(OC2CCC3(C)C4CCC5(C)C(c6ccc(=O)oc6)CCC5(O)C4CCC3(O)C2)C(O)C(O)C1O. The lowest BCUT2D eigenvalue weighted by atomic mass is 9.42. The second-order valence-corrected chi connectivity index (χ2v) is 13.7. The van der Waals surface area contributed by atoms with Gasteiger partial charge in [0.15, 0.2) is 6.29 Å². The van der Waals surface area contributed by atoms with Crippen molar-refractivity contribution in [1.29, 1.82) is 0 Å². The molecule has 13 unspecified atom stereocenters. The fraction of sp³-hybridized carbons (Fsp3) is 0.833. The Kier molecular flexibility index (Phi) is 6.66. The predicted molar refractivity (Wildman–Crippen MR) is 140 cm³/mol. The van der Waals surface area contributed by atoms with Gasteiger partial charge in [0.25, 0.3) is 0 Å². The molecule has 4 saturated carbocycles. The van der Waals surface area contributed by atoms with Crippen molar-refractivity contribution in [2.75, 3.05) is 0 Å². The van der Waals surface area contributed by atoms with Crippen LogP contribution in [0.5, 0.6) is 0 Å². The summed E-state index contributed by atoms with van der Waals surface area (Å²) in [5.41, 5.74) is -1.96. The summed E-state index contributed by atoms with van der Waals surface area (Å²) in [7, 11) is 0. The molecule has 0 amide bonds. The molecule has 0 spiro atoms. The maximum atomic E-state index is 12.4. The van der Waals surface area contributed by atoms with Crippen LogP contribution in [0.3, 0.4) is 0 Å². The fourth-order valence-electron chi connectivity index (χ4n) is 9.71. The first kappa shape index (κ1) is 27.8. The first-order valence-corrected chi connectivity index (χ1v) is 14.7. The van der Waals surface area contributed by atoms with E-state index in [1.807, 2.05) is 6.07 Å². The Morgan fingerprint density at radius 3 is 2.31 bits per heavy atom. The lowest BCUT2D eigenvalue weighted by molar-refractivity contribution is -0.319. The number of hydrogen-bond donors (Lipinski definition) is 5. The van der Waals surface area contributed by atoms with Crippen molar-refractivity contribution in [1.82, 2.24) is 0 Å². The maximum Gasteiger partial charge on any atom is 0.335 e. The van der Waals surface area contributed by atoms with E-state index in [-0.39, 0.29) is 40.3 Å². The van der Waals surface area contributed by atoms with Crippen LogP contribution in [0, 0.1) is 22.7 Å². The largest absolute Gasteiger partial charge is 0.431 e. The standard InChI is InChI=1S/C30H44O9/c1-16-23(32)24(33)25(34)26(38-16)39-18-6-10-27(2)20-7-11-28(3)19(17-4-5-22(31)37-15-17)9-13-30(28,36)21(20)8-12-29(27,35)14-18/h4-5,15-16,18-21,23-26,32-36H,6-14H2,1-3H3. The van der Waals surface area contributed by atoms with Crippen molar-refractivity contribution in [3.63, 3.8) is 0 Å². The lowest BCUT2D eigenvalue weighted by Crippen LogP contribution is -2.67. The van der Waals surface area contributed by atoms with Crippen LogP contribution in [0.2, 0.25) is 0 Å². The smallest absolute Gasteiger partial charge is 0.335 e. The molecule has 9 nitrogen and oxygen atoms in total. The summed E-state index contributed by atoms with van der Waals surface area (Å²) in [6.07, 6.45) is 1.88. The van der Waals surface area contributed by atoms with Gasteiger partial charge >= 0.3 is 5.63 Å². The fourth-order valence-corrected chi connectivity index (χ4v) is 9.71. The zero-order valence-electron chi connectivity index (χ0n) is 23.2. The molecule has 13 atom stereocenters. The normalized spacial score (nSPS) is 53.5. The summed E-state index contributed by atoms with van der Waals surface area (Å²) in [6, 6.07) is 3.31. The van der Waals surface area contributed by atoms with E-state index in [4.69, 9.17) is 13.9 Å². The summed E-state index contributed by atoms with van der Waals surface area (Å²) >= 11 is 0. The average molecular weight is 549 g/mol. The quantitative estimate of drug-likeness (QED) is 0.358. The molecular weight excluding hydrogens is 504 g/mol. The van der Waals surface area contributed by atoms with Crippen LogP contribution in [0.15, 0.2) is 27.6 Å². The number of ether oxygens (including phenoxy) is 2. The molecular formula is C30H44O9. The molecule has 9 heteroatoms. The summed E-state index contributed by atoms with van der Waals surface area (Å²) < 4.78 is 17.0. The second-order valence-electron chi connectivity index (χ2n) is 13.7. The molecule has 5 N–H and O–H groups in total. The van der Waals surface area contributed by atoms with Gasteiger partial charge in [0.2, 0.25) is 0 Å². The minimum absolute atomic E-state index is 0.0701. The summed E-state index contributed by atoms with van der Waals surface area (Å²) in [5.74, 6) is 0.348. The van der Waals surface area contributed by atoms with E-state index in [2.05, 4.69) is 13.8 Å². The van der Waals surface area contributed by atoms with Gasteiger partial charge in [0.05, 0.1) is 29.7 Å². The number of rotatable bonds is 3. The second kappa shape index (κ2) is 9.34. The van der Waals surface area contributed by atoms with E-state index >= 15 is 0 Å². The molecule has 1 aromatic heterocycles. The average Bonchev–Trinajstić information content (AvgIpc) is 3.18. The Morgan fingerprint density at radius 2 is 1.59 bits per heavy atom. The highest BCUT2D eigenvalue weighted by atomic mass is 16.7. The van der Waals surface area contributed by atoms with Crippen molar-refractivity contribution < 1.29 is 39.4 Å². The highest BCUT2D eigenvalue weighted by molar-refractivity contribution is 5.27. The Hall–Kier alpha value is -1.33. The van der Waals surface area contributed by atoms with Gasteiger partial charge in [-0.15, -0.1) is 0 Å². The number of aliphatic hydroxyl groups excluding tert-OH is 3. The van der Waals surface area contributed by atoms with Gasteiger partial charge in [-0.1, -0.05) is 13.8 Å². The Morgan fingerprint density at radius 1 is 0.872 bits per heavy atom. The summed E-state index contributed by atoms with van der Waals surface area (Å²) in [4.78, 5) is 11.6. The lowest BCUT2D eigenvalue weighted by Gasteiger charge is -2.66. The van der Waals surface area contributed by atoms with Crippen molar-refractivity contribution in [2.45, 2.75) is 132 Å². The van der Waals surface area contributed by atoms with Crippen LogP contribution in [0.1, 0.15) is 90.0 Å². The van der Waals surface area contributed by atoms with E-state index < -0.39 is 41.9 Å². The monoisotopic (exact) mass is 548 g/mol. The van der Waals surface area contributed by atoms with Crippen LogP contribution in [0.25, 0.3) is 0 Å². The Labute approximate surface area is 229 Å². The number of hydrogen-bond acceptors (Lipinski definition) is 9. The van der Waals surface area contributed by atoms with E-state index in [0.717, 1.165) is 37.7 Å². The van der Waals surface area contributed by atoms with Crippen molar-refractivity contribution >= 4 is 0 Å². The molecule has 5 fully saturated rings. The Bertz CT molecular complexity index is 1120. The van der Waals surface area contributed by atoms with E-state index in [9.17, 15) is 30.3 Å². The topological polar surface area (TPSA) is 150 Å². The first-order valence-electron chi connectivity index (χ1n) is 14.7. The van der Waals surface area contributed by atoms with Gasteiger partial charge in [0.1, 0.15) is 18.3 Å². The molecule has 0 radical (unpaired) electrons. The third-order valence-corrected chi connectivity index (χ3v) is 12.2. The van der Waals surface area contributed by atoms with Crippen molar-refractivity contribution in [2.24, 2.45) is 22.7 Å². The van der Waals surface area contributed by atoms with Crippen molar-refractivity contribution in [3.8, 4) is 0 Å². The van der Waals surface area contributed by atoms with Crippen LogP contribution < -0.4 is 5.63 Å². The van der Waals surface area contributed by atoms with Gasteiger partial charge in [-0.25, -0.2) is 4.79 Å². The highest BCUT2D eigenvalue weighted by Gasteiger charge is 2.70. The van der Waals surface area contributed by atoms with E-state index in [0.29, 0.717) is 25.7 Å². The zero-order valence-corrected chi connectivity index (χ0v) is 23.2. The minimum Gasteiger partial charge on any atom is -0.431 e. The maximum absolute atomic E-state index is 12.4. The minimum atomic E-state index is -1.37. The molecule has 2 heterocycles. The van der Waals surface area contributed by atoms with Gasteiger partial charge in [-0.2, -0.15) is 0 Å². The molecule has 218 valence electrons. The molecule has 5 aliphatic rings. The number of aliphatic hydroxyl groups is 5. The van der Waals surface area contributed by atoms with E-state index in [1.165, 1.54) is 6.07 Å². The van der Waals surface area contributed by atoms with Crippen LogP contribution in [-0.2, 0) is 9.47 Å². The van der Waals surface area contributed by atoms with Crippen LogP contribution >= 0.6 is 0 Å². The van der Waals surface area contributed by atoms with E-state index in [1.54, 1.807) is 13.2 Å². The molecule has 4 aliphatic carbocycles. The predicted octanol–water partition coefficient (Wildman–Crippen LogP) is 2.21. The summed E-state index contributed by atoms with van der Waals surface area (Å²) in [5, 5.41) is 55.2. The summed E-state index contributed by atoms with van der Waals surface area (Å²) in [6.45, 7) is 6.01. The Balaban J connectivity index is 1.20. The molecule has 1 aliphatic heterocycles. The molecule has 1 saturated heterocycles. The van der Waals surface area contributed by atoms with Crippen molar-refractivity contribution in [3.05, 3.63) is 34.4 Å². The van der Waals surface area contributed by atoms with Crippen LogP contribution in [-0.4, -0.2) is 73.5 Å². The van der Waals surface area contributed by atoms with Gasteiger partial charge in [0, 0.05) is 17.9 Å².